The van der Waals surface area contributed by atoms with Gasteiger partial charge in [0.1, 0.15) is 0 Å². The van der Waals surface area contributed by atoms with E-state index < -0.39 is 0 Å². The molecule has 0 radical (unpaired) electrons. The van der Waals surface area contributed by atoms with E-state index in [0.29, 0.717) is 0 Å². The third kappa shape index (κ3) is 3.65. The summed E-state index contributed by atoms with van der Waals surface area (Å²) >= 11 is 19.0. The summed E-state index contributed by atoms with van der Waals surface area (Å²) in [6, 6.07) is 10.3. The van der Waals surface area contributed by atoms with Crippen molar-refractivity contribution in [1.29, 1.82) is 0 Å². The number of hydrogen-bond acceptors (Lipinski definition) is 1. The lowest BCUT2D eigenvalue weighted by atomic mass is 9.81. The molecule has 19 heavy (non-hydrogen) atoms. The number of halogens is 4. The second-order valence-electron chi connectivity index (χ2n) is 4.44. The van der Waals surface area contributed by atoms with Crippen molar-refractivity contribution in [2.75, 3.05) is 10.7 Å². The molecule has 0 amide bonds. The molecule has 0 bridgehead atoms. The number of hydrogen-bond donors (Lipinski definition) is 0. The molecule has 102 valence electrons. The van der Waals surface area contributed by atoms with E-state index in [9.17, 15) is 0 Å². The van der Waals surface area contributed by atoms with Gasteiger partial charge in [0.05, 0.1) is 0 Å². The third-order valence-corrected chi connectivity index (χ3v) is 7.27. The Morgan fingerprint density at radius 2 is 1.84 bits per heavy atom. The monoisotopic (exact) mass is 484 g/mol. The Morgan fingerprint density at radius 1 is 1.16 bits per heavy atom. The molecule has 0 saturated carbocycles. The summed E-state index contributed by atoms with van der Waals surface area (Å²) in [7, 11) is 0. The molecule has 1 aromatic carbocycles. The summed E-state index contributed by atoms with van der Waals surface area (Å²) in [5.41, 5.74) is 1.16. The van der Waals surface area contributed by atoms with E-state index in [1.165, 1.54) is 10.4 Å². The maximum atomic E-state index is 6.39. The third-order valence-electron chi connectivity index (χ3n) is 3.09. The molecule has 0 fully saturated rings. The van der Waals surface area contributed by atoms with Crippen molar-refractivity contribution in [3.8, 4) is 0 Å². The van der Waals surface area contributed by atoms with Crippen LogP contribution in [-0.4, -0.2) is 10.7 Å². The summed E-state index contributed by atoms with van der Waals surface area (Å²) in [5.74, 6) is 0. The van der Waals surface area contributed by atoms with Crippen molar-refractivity contribution in [2.45, 2.75) is 11.8 Å². The smallest absolute Gasteiger partial charge is 0.0444 e. The van der Waals surface area contributed by atoms with Gasteiger partial charge >= 0.3 is 0 Å². The van der Waals surface area contributed by atoms with Gasteiger partial charge < -0.3 is 0 Å². The molecule has 1 aromatic heterocycles. The van der Waals surface area contributed by atoms with Gasteiger partial charge in [-0.25, -0.2) is 0 Å². The fraction of sp³-hybridized carbons (Fsp3) is 0.286. The van der Waals surface area contributed by atoms with Crippen molar-refractivity contribution >= 4 is 70.7 Å². The first kappa shape index (κ1) is 16.0. The van der Waals surface area contributed by atoms with Crippen molar-refractivity contribution < 1.29 is 0 Å². The molecule has 0 unspecified atom stereocenters. The Morgan fingerprint density at radius 3 is 2.37 bits per heavy atom. The Labute approximate surface area is 147 Å². The quantitative estimate of drug-likeness (QED) is 0.426. The van der Waals surface area contributed by atoms with E-state index in [1.54, 1.807) is 11.3 Å². The van der Waals surface area contributed by atoms with Crippen LogP contribution in [0.1, 0.15) is 10.4 Å². The van der Waals surface area contributed by atoms with Gasteiger partial charge in [-0.15, -0.1) is 11.3 Å². The van der Waals surface area contributed by atoms with Crippen LogP contribution in [0.2, 0.25) is 5.02 Å². The first-order chi connectivity index (χ1) is 9.11. The summed E-state index contributed by atoms with van der Waals surface area (Å²) in [5, 5.41) is 4.68. The number of thiophene rings is 1. The summed E-state index contributed by atoms with van der Waals surface area (Å²) in [6.45, 7) is 0. The van der Waals surface area contributed by atoms with E-state index >= 15 is 0 Å². The average molecular weight is 487 g/mol. The zero-order chi connectivity index (χ0) is 13.9. The zero-order valence-corrected chi connectivity index (χ0v) is 16.3. The first-order valence-corrected chi connectivity index (χ1v) is 10.0. The minimum Gasteiger partial charge on any atom is -0.148 e. The van der Waals surface area contributed by atoms with Crippen LogP contribution in [0.15, 0.2) is 40.2 Å². The second kappa shape index (κ2) is 7.08. The van der Waals surface area contributed by atoms with Crippen LogP contribution in [0.25, 0.3) is 0 Å². The van der Waals surface area contributed by atoms with E-state index in [4.69, 9.17) is 11.6 Å². The van der Waals surface area contributed by atoms with Crippen molar-refractivity contribution in [3.05, 3.63) is 55.6 Å². The van der Waals surface area contributed by atoms with Crippen molar-refractivity contribution in [3.63, 3.8) is 0 Å². The topological polar surface area (TPSA) is 0 Å². The number of alkyl halides is 2. The highest BCUT2D eigenvalue weighted by Gasteiger charge is 2.32. The Kier molecular flexibility index (Phi) is 5.97. The lowest BCUT2D eigenvalue weighted by Gasteiger charge is -2.31. The predicted molar refractivity (Wildman–Crippen MR) is 96.4 cm³/mol. The zero-order valence-electron chi connectivity index (χ0n) is 10.0. The molecule has 0 atom stereocenters. The van der Waals surface area contributed by atoms with E-state index in [-0.39, 0.29) is 5.41 Å². The van der Waals surface area contributed by atoms with E-state index in [0.717, 1.165) is 26.6 Å². The van der Waals surface area contributed by atoms with Gasteiger partial charge in [-0.1, -0.05) is 61.7 Å². The van der Waals surface area contributed by atoms with Crippen LogP contribution >= 0.6 is 70.7 Å². The highest BCUT2D eigenvalue weighted by molar-refractivity contribution is 9.10. The fourth-order valence-electron chi connectivity index (χ4n) is 2.04. The SMILES string of the molecule is Clc1ccccc1C(CBr)(CBr)Cc1cc(Br)cs1. The first-order valence-electron chi connectivity index (χ1n) is 5.71. The lowest BCUT2D eigenvalue weighted by molar-refractivity contribution is 0.556. The van der Waals surface area contributed by atoms with Crippen LogP contribution in [0.5, 0.6) is 0 Å². The molecule has 0 nitrogen and oxygen atoms in total. The van der Waals surface area contributed by atoms with Gasteiger partial charge in [0.2, 0.25) is 0 Å². The van der Waals surface area contributed by atoms with Gasteiger partial charge in [0.15, 0.2) is 0 Å². The largest absolute Gasteiger partial charge is 0.148 e. The maximum Gasteiger partial charge on any atom is 0.0444 e. The van der Waals surface area contributed by atoms with Crippen molar-refractivity contribution in [2.24, 2.45) is 0 Å². The molecule has 0 aliphatic carbocycles. The molecular weight excluding hydrogens is 475 g/mol. The van der Waals surface area contributed by atoms with E-state index in [2.05, 4.69) is 65.3 Å². The highest BCUT2D eigenvalue weighted by Crippen LogP contribution is 2.38. The molecule has 0 N–H and O–H groups in total. The Bertz CT molecular complexity index is 549. The number of rotatable bonds is 5. The summed E-state index contributed by atoms with van der Waals surface area (Å²) in [4.78, 5) is 1.35. The minimum absolute atomic E-state index is 0.0252. The Balaban J connectivity index is 2.40. The van der Waals surface area contributed by atoms with Gasteiger partial charge in [0, 0.05) is 35.8 Å². The highest BCUT2D eigenvalue weighted by atomic mass is 79.9. The summed E-state index contributed by atoms with van der Waals surface area (Å²) < 4.78 is 1.14. The van der Waals surface area contributed by atoms with Crippen LogP contribution in [0, 0.1) is 0 Å². The van der Waals surface area contributed by atoms with Gasteiger partial charge in [-0.2, -0.15) is 0 Å². The number of benzene rings is 1. The van der Waals surface area contributed by atoms with Gasteiger partial charge in [-0.05, 0) is 40.0 Å². The molecule has 1 heterocycles. The molecule has 0 aliphatic rings. The second-order valence-corrected chi connectivity index (χ2v) is 7.88. The maximum absolute atomic E-state index is 6.39. The fourth-order valence-corrected chi connectivity index (χ4v) is 5.90. The van der Waals surface area contributed by atoms with Crippen LogP contribution in [-0.2, 0) is 11.8 Å². The molecular formula is C14H12Br3ClS. The van der Waals surface area contributed by atoms with Gasteiger partial charge in [-0.3, -0.25) is 0 Å². The average Bonchev–Trinajstić information content (AvgIpc) is 2.82. The van der Waals surface area contributed by atoms with Crippen molar-refractivity contribution in [1.82, 2.24) is 0 Å². The van der Waals surface area contributed by atoms with Crippen LogP contribution in [0.3, 0.4) is 0 Å². The van der Waals surface area contributed by atoms with Crippen LogP contribution in [0.4, 0.5) is 0 Å². The normalized spacial score (nSPS) is 11.8. The molecule has 0 aliphatic heterocycles. The molecule has 0 spiro atoms. The molecule has 2 rings (SSSR count). The molecule has 5 heteroatoms. The minimum atomic E-state index is -0.0252. The van der Waals surface area contributed by atoms with Crippen LogP contribution < -0.4 is 0 Å². The lowest BCUT2D eigenvalue weighted by Crippen LogP contribution is -2.33. The molecule has 0 saturated heterocycles. The predicted octanol–water partition coefficient (Wildman–Crippen LogP) is 6.43. The van der Waals surface area contributed by atoms with Gasteiger partial charge in [0.25, 0.3) is 0 Å². The standard InChI is InChI=1S/C14H12Br3ClS/c15-8-14(9-16,6-11-5-10(17)7-19-11)12-3-1-2-4-13(12)18/h1-5,7H,6,8-9H2. The van der Waals surface area contributed by atoms with E-state index in [1.807, 2.05) is 18.2 Å². The Hall–Kier alpha value is 0.650. The molecule has 2 aromatic rings. The summed E-state index contributed by atoms with van der Waals surface area (Å²) in [6.07, 6.45) is 0.962.